The van der Waals surface area contributed by atoms with E-state index in [1.165, 1.54) is 16.7 Å². The maximum absolute atomic E-state index is 11.6. The number of hydrogen-bond acceptors (Lipinski definition) is 4. The Morgan fingerprint density at radius 3 is 2.89 bits per heavy atom. The number of urea groups is 1. The standard InChI is InChI=1S/C11H15N3O3S/c1-14(7-2-3-7)11(17)12-5-4-9-13-8(6-18-9)10(15)16/h6-7H,2-5H2,1H3,(H,12,17)(H,15,16). The number of rotatable bonds is 5. The van der Waals surface area contributed by atoms with Crippen LogP contribution in [0.4, 0.5) is 4.79 Å². The molecule has 98 valence electrons. The molecule has 1 aliphatic carbocycles. The van der Waals surface area contributed by atoms with E-state index >= 15 is 0 Å². The lowest BCUT2D eigenvalue weighted by molar-refractivity contribution is 0.0691. The second-order valence-corrected chi connectivity index (χ2v) is 5.20. The summed E-state index contributed by atoms with van der Waals surface area (Å²) < 4.78 is 0. The Kier molecular flexibility index (Phi) is 3.81. The zero-order valence-corrected chi connectivity index (χ0v) is 10.9. The predicted molar refractivity (Wildman–Crippen MR) is 67.0 cm³/mol. The first kappa shape index (κ1) is 12.8. The van der Waals surface area contributed by atoms with Gasteiger partial charge in [0.15, 0.2) is 5.69 Å². The Labute approximate surface area is 109 Å². The Balaban J connectivity index is 1.73. The number of nitrogens with zero attached hydrogens (tertiary/aromatic N) is 2. The molecule has 1 aromatic heterocycles. The van der Waals surface area contributed by atoms with Crippen molar-refractivity contribution < 1.29 is 14.7 Å². The first-order chi connectivity index (χ1) is 8.58. The van der Waals surface area contributed by atoms with Gasteiger partial charge in [-0.3, -0.25) is 0 Å². The maximum Gasteiger partial charge on any atom is 0.355 e. The Morgan fingerprint density at radius 1 is 1.61 bits per heavy atom. The van der Waals surface area contributed by atoms with E-state index in [4.69, 9.17) is 5.11 Å². The summed E-state index contributed by atoms with van der Waals surface area (Å²) >= 11 is 1.30. The second kappa shape index (κ2) is 5.34. The van der Waals surface area contributed by atoms with Crippen molar-refractivity contribution in [1.29, 1.82) is 0 Å². The summed E-state index contributed by atoms with van der Waals surface area (Å²) in [6.07, 6.45) is 2.72. The molecule has 2 rings (SSSR count). The van der Waals surface area contributed by atoms with Crippen LogP contribution in [0.1, 0.15) is 28.3 Å². The highest BCUT2D eigenvalue weighted by Gasteiger charge is 2.29. The molecule has 0 saturated heterocycles. The number of amides is 2. The fraction of sp³-hybridized carbons (Fsp3) is 0.545. The summed E-state index contributed by atoms with van der Waals surface area (Å²) in [4.78, 5) is 27.9. The molecule has 0 aromatic carbocycles. The molecule has 0 radical (unpaired) electrons. The van der Waals surface area contributed by atoms with Crippen molar-refractivity contribution in [3.63, 3.8) is 0 Å². The third-order valence-corrected chi connectivity index (χ3v) is 3.71. The average molecular weight is 269 g/mol. The van der Waals surface area contributed by atoms with Gasteiger partial charge in [0.1, 0.15) is 0 Å². The van der Waals surface area contributed by atoms with E-state index in [9.17, 15) is 9.59 Å². The van der Waals surface area contributed by atoms with Crippen LogP contribution in [0, 0.1) is 0 Å². The number of aromatic nitrogens is 1. The number of nitrogens with one attached hydrogen (secondary N) is 1. The van der Waals surface area contributed by atoms with E-state index in [0.29, 0.717) is 19.0 Å². The molecule has 0 atom stereocenters. The molecular formula is C11H15N3O3S. The molecule has 1 aliphatic rings. The van der Waals surface area contributed by atoms with Crippen LogP contribution in [0.2, 0.25) is 0 Å². The van der Waals surface area contributed by atoms with Crippen LogP contribution in [0.15, 0.2) is 5.38 Å². The van der Waals surface area contributed by atoms with Crippen molar-refractivity contribution in [2.24, 2.45) is 0 Å². The van der Waals surface area contributed by atoms with Gasteiger partial charge in [-0.2, -0.15) is 0 Å². The maximum atomic E-state index is 11.6. The van der Waals surface area contributed by atoms with Crippen molar-refractivity contribution in [2.45, 2.75) is 25.3 Å². The minimum atomic E-state index is -1.02. The molecule has 1 saturated carbocycles. The second-order valence-electron chi connectivity index (χ2n) is 4.26. The monoisotopic (exact) mass is 269 g/mol. The van der Waals surface area contributed by atoms with Crippen LogP contribution < -0.4 is 5.32 Å². The van der Waals surface area contributed by atoms with Gasteiger partial charge in [-0.15, -0.1) is 11.3 Å². The van der Waals surface area contributed by atoms with Gasteiger partial charge in [0.2, 0.25) is 0 Å². The molecule has 2 amide bonds. The molecule has 1 heterocycles. The van der Waals surface area contributed by atoms with Gasteiger partial charge in [-0.1, -0.05) is 0 Å². The molecule has 7 heteroatoms. The third kappa shape index (κ3) is 3.19. The van der Waals surface area contributed by atoms with Crippen molar-refractivity contribution in [3.8, 4) is 0 Å². The molecule has 0 unspecified atom stereocenters. The molecule has 2 N–H and O–H groups in total. The molecule has 1 aromatic rings. The summed E-state index contributed by atoms with van der Waals surface area (Å²) in [5.74, 6) is -1.02. The summed E-state index contributed by atoms with van der Waals surface area (Å²) in [5.41, 5.74) is 0.0661. The Morgan fingerprint density at radius 2 is 2.33 bits per heavy atom. The fourth-order valence-electron chi connectivity index (χ4n) is 1.55. The van der Waals surface area contributed by atoms with Gasteiger partial charge in [-0.05, 0) is 12.8 Å². The van der Waals surface area contributed by atoms with Gasteiger partial charge in [0, 0.05) is 31.4 Å². The van der Waals surface area contributed by atoms with Crippen LogP contribution in [-0.2, 0) is 6.42 Å². The zero-order valence-electron chi connectivity index (χ0n) is 10.0. The molecule has 18 heavy (non-hydrogen) atoms. The largest absolute Gasteiger partial charge is 0.476 e. The van der Waals surface area contributed by atoms with E-state index in [2.05, 4.69) is 10.3 Å². The molecular weight excluding hydrogens is 254 g/mol. The van der Waals surface area contributed by atoms with Gasteiger partial charge < -0.3 is 15.3 Å². The molecule has 1 fully saturated rings. The molecule has 0 bridgehead atoms. The summed E-state index contributed by atoms with van der Waals surface area (Å²) in [7, 11) is 1.79. The SMILES string of the molecule is CN(C(=O)NCCc1nc(C(=O)O)cs1)C1CC1. The van der Waals surface area contributed by atoms with Crippen LogP contribution >= 0.6 is 11.3 Å². The average Bonchev–Trinajstić information content (AvgIpc) is 3.07. The topological polar surface area (TPSA) is 82.5 Å². The Hall–Kier alpha value is -1.63. The molecule has 6 nitrogen and oxygen atoms in total. The number of carbonyl (C=O) groups is 2. The van der Waals surface area contributed by atoms with Crippen molar-refractivity contribution >= 4 is 23.3 Å². The number of aromatic carboxylic acids is 1. The van der Waals surface area contributed by atoms with Crippen LogP contribution in [0.3, 0.4) is 0 Å². The van der Waals surface area contributed by atoms with Gasteiger partial charge in [0.05, 0.1) is 5.01 Å². The van der Waals surface area contributed by atoms with Crippen molar-refractivity contribution in [2.75, 3.05) is 13.6 Å². The van der Waals surface area contributed by atoms with E-state index in [1.54, 1.807) is 11.9 Å². The predicted octanol–water partition coefficient (Wildman–Crippen LogP) is 1.19. The van der Waals surface area contributed by atoms with Crippen molar-refractivity contribution in [3.05, 3.63) is 16.1 Å². The van der Waals surface area contributed by atoms with Crippen molar-refractivity contribution in [1.82, 2.24) is 15.2 Å². The lowest BCUT2D eigenvalue weighted by atomic mass is 10.4. The summed E-state index contributed by atoms with van der Waals surface area (Å²) in [6, 6.07) is 0.316. The fourth-order valence-corrected chi connectivity index (χ4v) is 2.32. The molecule has 0 aliphatic heterocycles. The Bertz CT molecular complexity index is 456. The number of thiazole rings is 1. The minimum Gasteiger partial charge on any atom is -0.476 e. The van der Waals surface area contributed by atoms with E-state index in [-0.39, 0.29) is 11.7 Å². The summed E-state index contributed by atoms with van der Waals surface area (Å²) in [5, 5.41) is 13.8. The van der Waals surface area contributed by atoms with E-state index in [1.807, 2.05) is 0 Å². The number of hydrogen-bond donors (Lipinski definition) is 2. The first-order valence-corrected chi connectivity index (χ1v) is 6.64. The first-order valence-electron chi connectivity index (χ1n) is 5.76. The highest BCUT2D eigenvalue weighted by molar-refractivity contribution is 7.09. The highest BCUT2D eigenvalue weighted by Crippen LogP contribution is 2.25. The third-order valence-electron chi connectivity index (χ3n) is 2.80. The van der Waals surface area contributed by atoms with Gasteiger partial charge in [0.25, 0.3) is 0 Å². The van der Waals surface area contributed by atoms with Crippen LogP contribution in [0.25, 0.3) is 0 Å². The number of carbonyl (C=O) groups excluding carboxylic acids is 1. The van der Waals surface area contributed by atoms with E-state index in [0.717, 1.165) is 17.8 Å². The highest BCUT2D eigenvalue weighted by atomic mass is 32.1. The smallest absolute Gasteiger partial charge is 0.355 e. The minimum absolute atomic E-state index is 0.0661. The lowest BCUT2D eigenvalue weighted by Gasteiger charge is -2.16. The normalized spacial score (nSPS) is 14.3. The van der Waals surface area contributed by atoms with E-state index < -0.39 is 5.97 Å². The number of carboxylic acids is 1. The van der Waals surface area contributed by atoms with Gasteiger partial charge in [-0.25, -0.2) is 14.6 Å². The zero-order chi connectivity index (χ0) is 13.1. The summed E-state index contributed by atoms with van der Waals surface area (Å²) in [6.45, 7) is 0.475. The van der Waals surface area contributed by atoms with Gasteiger partial charge >= 0.3 is 12.0 Å². The van der Waals surface area contributed by atoms with Crippen LogP contribution in [0.5, 0.6) is 0 Å². The quantitative estimate of drug-likeness (QED) is 0.841. The number of carboxylic acid groups (broad SMARTS) is 1. The molecule has 0 spiro atoms. The lowest BCUT2D eigenvalue weighted by Crippen LogP contribution is -2.39. The van der Waals surface area contributed by atoms with Crippen LogP contribution in [-0.4, -0.2) is 46.6 Å².